The van der Waals surface area contributed by atoms with Crippen molar-refractivity contribution in [2.45, 2.75) is 6.61 Å². The number of hydrogen-bond acceptors (Lipinski definition) is 8. The van der Waals surface area contributed by atoms with Crippen molar-refractivity contribution in [3.63, 3.8) is 0 Å². The van der Waals surface area contributed by atoms with Crippen LogP contribution >= 0.6 is 11.9 Å². The summed E-state index contributed by atoms with van der Waals surface area (Å²) in [6.45, 7) is 3.84. The molecule has 32 heavy (non-hydrogen) atoms. The smallest absolute Gasteiger partial charge is 0.437 e. The molecular formula is C20H26FN7O3S. The number of halogens is 1. The van der Waals surface area contributed by atoms with Gasteiger partial charge in [0.25, 0.3) is 0 Å². The number of piperazine rings is 1. The second-order valence-corrected chi connectivity index (χ2v) is 8.07. The van der Waals surface area contributed by atoms with Crippen LogP contribution in [0.3, 0.4) is 0 Å². The number of carbonyl (C=O) groups is 1. The quantitative estimate of drug-likeness (QED) is 0.257. The van der Waals surface area contributed by atoms with Gasteiger partial charge in [-0.2, -0.15) is 0 Å². The summed E-state index contributed by atoms with van der Waals surface area (Å²) >= 11 is 1.78. The monoisotopic (exact) mass is 463 g/mol. The summed E-state index contributed by atoms with van der Waals surface area (Å²) in [6.07, 6.45) is 2.20. The highest BCUT2D eigenvalue weighted by Gasteiger charge is 2.20. The Morgan fingerprint density at radius 2 is 1.94 bits per heavy atom. The third kappa shape index (κ3) is 6.52. The van der Waals surface area contributed by atoms with E-state index in [1.54, 1.807) is 43.6 Å². The van der Waals surface area contributed by atoms with Gasteiger partial charge in [0, 0.05) is 68.1 Å². The Balaban J connectivity index is 1.61. The van der Waals surface area contributed by atoms with Crippen LogP contribution in [-0.2, 0) is 16.1 Å². The first-order valence-corrected chi connectivity index (χ1v) is 10.9. The van der Waals surface area contributed by atoms with Gasteiger partial charge in [0.15, 0.2) is 5.96 Å². The molecular weight excluding hydrogens is 437 g/mol. The summed E-state index contributed by atoms with van der Waals surface area (Å²) in [6, 6.07) is 4.79. The molecule has 0 atom stereocenters. The van der Waals surface area contributed by atoms with Crippen molar-refractivity contribution in [1.82, 2.24) is 14.3 Å². The van der Waals surface area contributed by atoms with Crippen LogP contribution in [0, 0.1) is 5.82 Å². The Labute approximate surface area is 189 Å². The van der Waals surface area contributed by atoms with Crippen molar-refractivity contribution >= 4 is 29.9 Å². The Kier molecular flexibility index (Phi) is 8.59. The molecule has 1 aliphatic rings. The average Bonchev–Trinajstić information content (AvgIpc) is 2.79. The van der Waals surface area contributed by atoms with Crippen molar-refractivity contribution in [1.29, 1.82) is 0 Å². The molecule has 1 fully saturated rings. The Bertz CT molecular complexity index is 933. The van der Waals surface area contributed by atoms with E-state index in [1.165, 1.54) is 6.07 Å². The number of benzene rings is 1. The Morgan fingerprint density at radius 1 is 1.22 bits per heavy atom. The van der Waals surface area contributed by atoms with E-state index in [0.29, 0.717) is 17.1 Å². The molecule has 2 aromatic rings. The van der Waals surface area contributed by atoms with E-state index < -0.39 is 17.9 Å². The van der Waals surface area contributed by atoms with Gasteiger partial charge < -0.3 is 25.8 Å². The van der Waals surface area contributed by atoms with Gasteiger partial charge >= 0.3 is 6.09 Å². The molecule has 1 aliphatic heterocycles. The number of rotatable bonds is 8. The fraction of sp³-hybridized carbons (Fsp3) is 0.400. The van der Waals surface area contributed by atoms with E-state index in [0.717, 1.165) is 38.5 Å². The van der Waals surface area contributed by atoms with Crippen molar-refractivity contribution in [2.24, 2.45) is 16.5 Å². The number of nitrogens with zero attached hydrogens (tertiary/aromatic N) is 5. The van der Waals surface area contributed by atoms with Crippen LogP contribution in [0.1, 0.15) is 5.56 Å². The third-order valence-electron chi connectivity index (χ3n) is 4.68. The molecule has 12 heteroatoms. The van der Waals surface area contributed by atoms with Crippen LogP contribution in [0.2, 0.25) is 0 Å². The van der Waals surface area contributed by atoms with Crippen LogP contribution in [-0.4, -0.2) is 72.0 Å². The lowest BCUT2D eigenvalue weighted by molar-refractivity contribution is 0.149. The average molecular weight is 464 g/mol. The fourth-order valence-corrected chi connectivity index (χ4v) is 4.00. The number of amides is 1. The van der Waals surface area contributed by atoms with Gasteiger partial charge in [0.2, 0.25) is 5.95 Å². The zero-order valence-electron chi connectivity index (χ0n) is 17.7. The maximum absolute atomic E-state index is 14.9. The second kappa shape index (κ2) is 11.6. The van der Waals surface area contributed by atoms with E-state index in [4.69, 9.17) is 20.9 Å². The van der Waals surface area contributed by atoms with Gasteiger partial charge in [-0.15, -0.1) is 4.99 Å². The summed E-state index contributed by atoms with van der Waals surface area (Å²) in [4.78, 5) is 25.6. The molecule has 1 saturated heterocycles. The molecule has 172 valence electrons. The standard InChI is InChI=1S/C20H26FN7O3S/c1-30-9-10-32-28-7-5-27(6-8-28)19-24-11-15(12-25-19)16-4-2-3-14(17(16)21)13-31-20(29)26-18(22)23/h2-4,11-12H,5-10,13H2,1H3,(H4,22,23,26,29). The van der Waals surface area contributed by atoms with E-state index in [9.17, 15) is 9.18 Å². The predicted molar refractivity (Wildman–Crippen MR) is 122 cm³/mol. The summed E-state index contributed by atoms with van der Waals surface area (Å²) in [5, 5.41) is 0. The predicted octanol–water partition coefficient (Wildman–Crippen LogP) is 1.61. The number of methoxy groups -OCH3 is 1. The fourth-order valence-electron chi connectivity index (χ4n) is 3.08. The molecule has 1 amide bonds. The highest BCUT2D eigenvalue weighted by molar-refractivity contribution is 7.97. The molecule has 1 aromatic carbocycles. The lowest BCUT2D eigenvalue weighted by atomic mass is 10.1. The van der Waals surface area contributed by atoms with Gasteiger partial charge in [0.05, 0.1) is 6.61 Å². The minimum atomic E-state index is -0.986. The number of nitrogens with two attached hydrogens (primary N) is 2. The molecule has 2 heterocycles. The molecule has 0 saturated carbocycles. The maximum atomic E-state index is 14.9. The number of guanidine groups is 1. The topological polar surface area (TPSA) is 132 Å². The molecule has 0 radical (unpaired) electrons. The van der Waals surface area contributed by atoms with Gasteiger partial charge in [0.1, 0.15) is 12.4 Å². The van der Waals surface area contributed by atoms with Crippen LogP contribution in [0.25, 0.3) is 11.1 Å². The lowest BCUT2D eigenvalue weighted by Gasteiger charge is -2.33. The van der Waals surface area contributed by atoms with Crippen LogP contribution in [0.15, 0.2) is 35.6 Å². The van der Waals surface area contributed by atoms with E-state index >= 15 is 0 Å². The first-order valence-electron chi connectivity index (χ1n) is 9.96. The highest BCUT2D eigenvalue weighted by atomic mass is 32.2. The number of ether oxygens (including phenoxy) is 2. The number of carbonyl (C=O) groups excluding carboxylic acids is 1. The molecule has 4 N–H and O–H groups in total. The number of aliphatic imine (C=N–C) groups is 1. The lowest BCUT2D eigenvalue weighted by Crippen LogP contribution is -2.44. The van der Waals surface area contributed by atoms with Crippen molar-refractivity contribution in [3.05, 3.63) is 42.0 Å². The number of anilines is 1. The van der Waals surface area contributed by atoms with Gasteiger partial charge in [-0.05, 0) is 0 Å². The third-order valence-corrected chi connectivity index (χ3v) is 5.76. The normalized spacial score (nSPS) is 14.2. The van der Waals surface area contributed by atoms with Gasteiger partial charge in [-0.25, -0.2) is 23.5 Å². The van der Waals surface area contributed by atoms with Crippen molar-refractivity contribution < 1.29 is 18.7 Å². The molecule has 0 aliphatic carbocycles. The summed E-state index contributed by atoms with van der Waals surface area (Å²) in [5.41, 5.74) is 11.3. The van der Waals surface area contributed by atoms with E-state index in [-0.39, 0.29) is 12.2 Å². The summed E-state index contributed by atoms with van der Waals surface area (Å²) in [5.74, 6) is 0.591. The zero-order valence-corrected chi connectivity index (χ0v) is 18.6. The number of hydrogen-bond donors (Lipinski definition) is 2. The van der Waals surface area contributed by atoms with Crippen LogP contribution in [0.4, 0.5) is 15.1 Å². The molecule has 0 spiro atoms. The molecule has 0 unspecified atom stereocenters. The number of aromatic nitrogens is 2. The van der Waals surface area contributed by atoms with Crippen molar-refractivity contribution in [2.75, 3.05) is 50.5 Å². The molecule has 0 bridgehead atoms. The Morgan fingerprint density at radius 3 is 2.59 bits per heavy atom. The molecule has 1 aromatic heterocycles. The second-order valence-electron chi connectivity index (χ2n) is 6.88. The molecule has 10 nitrogen and oxygen atoms in total. The minimum Gasteiger partial charge on any atom is -0.443 e. The van der Waals surface area contributed by atoms with Crippen LogP contribution < -0.4 is 16.4 Å². The van der Waals surface area contributed by atoms with Crippen molar-refractivity contribution in [3.8, 4) is 11.1 Å². The highest BCUT2D eigenvalue weighted by Crippen LogP contribution is 2.26. The SMILES string of the molecule is COCCSN1CCN(c2ncc(-c3cccc(COC(=O)N=C(N)N)c3F)cn2)CC1. The Hall–Kier alpha value is -2.96. The van der Waals surface area contributed by atoms with Gasteiger partial charge in [-0.3, -0.25) is 0 Å². The minimum absolute atomic E-state index is 0.188. The van der Waals surface area contributed by atoms with E-state index in [1.807, 2.05) is 0 Å². The first kappa shape index (κ1) is 23.7. The summed E-state index contributed by atoms with van der Waals surface area (Å²) < 4.78 is 27.2. The zero-order chi connectivity index (χ0) is 22.9. The summed E-state index contributed by atoms with van der Waals surface area (Å²) in [7, 11) is 1.70. The first-order chi connectivity index (χ1) is 15.5. The molecule has 3 rings (SSSR count). The van der Waals surface area contributed by atoms with Crippen LogP contribution in [0.5, 0.6) is 0 Å². The van der Waals surface area contributed by atoms with E-state index in [2.05, 4.69) is 24.2 Å². The van der Waals surface area contributed by atoms with Gasteiger partial charge in [-0.1, -0.05) is 30.1 Å². The maximum Gasteiger partial charge on any atom is 0.437 e. The largest absolute Gasteiger partial charge is 0.443 e.